The van der Waals surface area contributed by atoms with E-state index in [0.717, 1.165) is 44.7 Å². The fraction of sp³-hybridized carbons (Fsp3) is 0.643. The number of rotatable bonds is 3. The summed E-state index contributed by atoms with van der Waals surface area (Å²) in [5, 5.41) is 3.98. The molecule has 4 heteroatoms. The molecule has 0 radical (unpaired) electrons. The van der Waals surface area contributed by atoms with Crippen molar-refractivity contribution in [3.05, 3.63) is 22.4 Å². The van der Waals surface area contributed by atoms with Gasteiger partial charge in [0.25, 0.3) is 0 Å². The van der Waals surface area contributed by atoms with Crippen LogP contribution in [0.4, 0.5) is 0 Å². The average Bonchev–Trinajstić information content (AvgIpc) is 3.11. The normalized spacial score (nSPS) is 24.2. The van der Waals surface area contributed by atoms with Crippen molar-refractivity contribution in [2.24, 2.45) is 0 Å². The molecule has 0 spiro atoms. The monoisotopic (exact) mass is 265 g/mol. The molecule has 1 saturated heterocycles. The van der Waals surface area contributed by atoms with Crippen LogP contribution in [-0.4, -0.2) is 42.5 Å². The standard InChI is InChI=1S/C14H19NO2S/c16-13(12-3-10-18-11-12)14(4-1-2-5-14)15-6-8-17-9-7-15/h3,10-11H,1-2,4-9H2. The van der Waals surface area contributed by atoms with Crippen LogP contribution >= 0.6 is 11.3 Å². The van der Waals surface area contributed by atoms with Crippen molar-refractivity contribution in [2.75, 3.05) is 26.3 Å². The van der Waals surface area contributed by atoms with E-state index >= 15 is 0 Å². The number of carbonyl (C=O) groups is 1. The number of Topliss-reactive ketones (excluding diaryl/α,β-unsaturated/α-hetero) is 1. The van der Waals surface area contributed by atoms with Gasteiger partial charge in [-0.15, -0.1) is 0 Å². The second-order valence-electron chi connectivity index (χ2n) is 5.18. The summed E-state index contributed by atoms with van der Waals surface area (Å²) >= 11 is 1.61. The van der Waals surface area contributed by atoms with Gasteiger partial charge < -0.3 is 4.74 Å². The molecule has 2 fully saturated rings. The van der Waals surface area contributed by atoms with Crippen LogP contribution in [0.25, 0.3) is 0 Å². The molecule has 98 valence electrons. The summed E-state index contributed by atoms with van der Waals surface area (Å²) in [6.07, 6.45) is 4.38. The van der Waals surface area contributed by atoms with Gasteiger partial charge in [0.1, 0.15) is 0 Å². The van der Waals surface area contributed by atoms with Crippen LogP contribution in [-0.2, 0) is 4.74 Å². The lowest BCUT2D eigenvalue weighted by Crippen LogP contribution is -2.56. The first-order valence-corrected chi connectivity index (χ1v) is 7.67. The van der Waals surface area contributed by atoms with Crippen molar-refractivity contribution in [1.82, 2.24) is 4.90 Å². The van der Waals surface area contributed by atoms with Crippen LogP contribution in [0.3, 0.4) is 0 Å². The highest BCUT2D eigenvalue weighted by atomic mass is 32.1. The van der Waals surface area contributed by atoms with Gasteiger partial charge >= 0.3 is 0 Å². The molecule has 1 aromatic rings. The maximum absolute atomic E-state index is 12.9. The Bertz CT molecular complexity index is 403. The number of hydrogen-bond donors (Lipinski definition) is 0. The molecule has 0 atom stereocenters. The first-order chi connectivity index (χ1) is 8.83. The number of ether oxygens (including phenoxy) is 1. The van der Waals surface area contributed by atoms with Crippen LogP contribution in [0.2, 0.25) is 0 Å². The fourth-order valence-corrected chi connectivity index (χ4v) is 3.94. The van der Waals surface area contributed by atoms with Crippen LogP contribution in [0.5, 0.6) is 0 Å². The number of nitrogens with zero attached hydrogens (tertiary/aromatic N) is 1. The topological polar surface area (TPSA) is 29.5 Å². The Labute approximate surface area is 112 Å². The van der Waals surface area contributed by atoms with E-state index in [0.29, 0.717) is 5.78 Å². The van der Waals surface area contributed by atoms with E-state index < -0.39 is 0 Å². The van der Waals surface area contributed by atoms with E-state index in [4.69, 9.17) is 4.74 Å². The summed E-state index contributed by atoms with van der Waals surface area (Å²) in [5.41, 5.74) is 0.665. The van der Waals surface area contributed by atoms with E-state index in [9.17, 15) is 4.79 Å². The molecule has 0 amide bonds. The Kier molecular flexibility index (Phi) is 3.50. The van der Waals surface area contributed by atoms with Crippen molar-refractivity contribution in [1.29, 1.82) is 0 Å². The molecular formula is C14H19NO2S. The predicted molar refractivity (Wildman–Crippen MR) is 72.2 cm³/mol. The Hall–Kier alpha value is -0.710. The van der Waals surface area contributed by atoms with E-state index in [2.05, 4.69) is 4.90 Å². The molecule has 0 unspecified atom stereocenters. The zero-order chi connectivity index (χ0) is 12.4. The van der Waals surface area contributed by atoms with Gasteiger partial charge in [-0.1, -0.05) is 12.8 Å². The predicted octanol–water partition coefficient (Wildman–Crippen LogP) is 2.58. The highest BCUT2D eigenvalue weighted by Gasteiger charge is 2.46. The molecule has 2 aliphatic rings. The minimum Gasteiger partial charge on any atom is -0.379 e. The SMILES string of the molecule is O=C(c1ccsc1)C1(N2CCOCC2)CCCC1. The number of hydrogen-bond acceptors (Lipinski definition) is 4. The first-order valence-electron chi connectivity index (χ1n) is 6.73. The summed E-state index contributed by atoms with van der Waals surface area (Å²) < 4.78 is 5.42. The third-order valence-corrected chi connectivity index (χ3v) is 4.94. The van der Waals surface area contributed by atoms with E-state index in [1.165, 1.54) is 12.8 Å². The largest absolute Gasteiger partial charge is 0.379 e. The molecular weight excluding hydrogens is 246 g/mol. The molecule has 0 aromatic carbocycles. The van der Waals surface area contributed by atoms with Gasteiger partial charge in [0.2, 0.25) is 0 Å². The summed E-state index contributed by atoms with van der Waals surface area (Å²) in [7, 11) is 0. The van der Waals surface area contributed by atoms with Gasteiger partial charge in [0.15, 0.2) is 5.78 Å². The maximum atomic E-state index is 12.9. The molecule has 0 N–H and O–H groups in total. The second-order valence-corrected chi connectivity index (χ2v) is 5.96. The van der Waals surface area contributed by atoms with Crippen molar-refractivity contribution in [2.45, 2.75) is 31.2 Å². The minimum atomic E-state index is -0.231. The number of ketones is 1. The Balaban J connectivity index is 1.88. The van der Waals surface area contributed by atoms with Gasteiger partial charge in [0, 0.05) is 24.0 Å². The van der Waals surface area contributed by atoms with Crippen LogP contribution < -0.4 is 0 Å². The van der Waals surface area contributed by atoms with E-state index in [1.54, 1.807) is 11.3 Å². The van der Waals surface area contributed by atoms with Gasteiger partial charge in [-0.3, -0.25) is 9.69 Å². The summed E-state index contributed by atoms with van der Waals surface area (Å²) in [6, 6.07) is 1.97. The van der Waals surface area contributed by atoms with Crippen molar-refractivity contribution >= 4 is 17.1 Å². The summed E-state index contributed by atoms with van der Waals surface area (Å²) in [5.74, 6) is 0.336. The molecule has 1 aromatic heterocycles. The fourth-order valence-electron chi connectivity index (χ4n) is 3.30. The molecule has 18 heavy (non-hydrogen) atoms. The average molecular weight is 265 g/mol. The Morgan fingerprint density at radius 3 is 2.61 bits per heavy atom. The number of thiophene rings is 1. The van der Waals surface area contributed by atoms with Gasteiger partial charge in [-0.05, 0) is 24.3 Å². The van der Waals surface area contributed by atoms with Crippen LogP contribution in [0.15, 0.2) is 16.8 Å². The molecule has 1 aliphatic carbocycles. The number of morpholine rings is 1. The minimum absolute atomic E-state index is 0.231. The van der Waals surface area contributed by atoms with E-state index in [-0.39, 0.29) is 5.54 Å². The molecule has 3 nitrogen and oxygen atoms in total. The lowest BCUT2D eigenvalue weighted by Gasteiger charge is -2.42. The molecule has 0 bridgehead atoms. The first kappa shape index (κ1) is 12.3. The second kappa shape index (κ2) is 5.11. The smallest absolute Gasteiger partial charge is 0.183 e. The maximum Gasteiger partial charge on any atom is 0.183 e. The summed E-state index contributed by atoms with van der Waals surface area (Å²) in [4.78, 5) is 15.2. The summed E-state index contributed by atoms with van der Waals surface area (Å²) in [6.45, 7) is 3.32. The quantitative estimate of drug-likeness (QED) is 0.787. The van der Waals surface area contributed by atoms with Crippen molar-refractivity contribution < 1.29 is 9.53 Å². The van der Waals surface area contributed by atoms with Gasteiger partial charge in [0.05, 0.1) is 18.8 Å². The number of carbonyl (C=O) groups excluding carboxylic acids is 1. The van der Waals surface area contributed by atoms with Gasteiger partial charge in [-0.2, -0.15) is 11.3 Å². The lowest BCUT2D eigenvalue weighted by atomic mass is 9.86. The van der Waals surface area contributed by atoms with E-state index in [1.807, 2.05) is 16.8 Å². The Morgan fingerprint density at radius 2 is 2.00 bits per heavy atom. The molecule has 1 aliphatic heterocycles. The lowest BCUT2D eigenvalue weighted by molar-refractivity contribution is -0.0130. The van der Waals surface area contributed by atoms with Crippen molar-refractivity contribution in [3.63, 3.8) is 0 Å². The molecule has 1 saturated carbocycles. The van der Waals surface area contributed by atoms with Crippen LogP contribution in [0.1, 0.15) is 36.0 Å². The van der Waals surface area contributed by atoms with Gasteiger partial charge in [-0.25, -0.2) is 0 Å². The molecule has 2 heterocycles. The third-order valence-electron chi connectivity index (χ3n) is 4.25. The highest BCUT2D eigenvalue weighted by molar-refractivity contribution is 7.08. The third kappa shape index (κ3) is 2.02. The van der Waals surface area contributed by atoms with Crippen LogP contribution in [0, 0.1) is 0 Å². The zero-order valence-corrected chi connectivity index (χ0v) is 11.4. The highest BCUT2D eigenvalue weighted by Crippen LogP contribution is 2.38. The molecule has 3 rings (SSSR count). The Morgan fingerprint density at radius 1 is 1.28 bits per heavy atom. The van der Waals surface area contributed by atoms with Crippen molar-refractivity contribution in [3.8, 4) is 0 Å². The zero-order valence-electron chi connectivity index (χ0n) is 10.6.